The van der Waals surface area contributed by atoms with Gasteiger partial charge < -0.3 is 19.7 Å². The monoisotopic (exact) mass is 486 g/mol. The molecule has 0 aliphatic carbocycles. The molecule has 0 unspecified atom stereocenters. The molecule has 2 amide bonds. The van der Waals surface area contributed by atoms with E-state index < -0.39 is 6.04 Å². The van der Waals surface area contributed by atoms with Crippen molar-refractivity contribution in [2.75, 3.05) is 39.8 Å². The molecule has 0 spiro atoms. The number of hydrogen-bond acceptors (Lipinski definition) is 5. The molecule has 6 nitrogen and oxygen atoms in total. The van der Waals surface area contributed by atoms with Crippen molar-refractivity contribution in [3.8, 4) is 11.5 Å². The number of methoxy groups -OCH3 is 2. The van der Waals surface area contributed by atoms with Gasteiger partial charge in [-0.2, -0.15) is 11.8 Å². The predicted molar refractivity (Wildman–Crippen MR) is 140 cm³/mol. The van der Waals surface area contributed by atoms with Crippen molar-refractivity contribution in [1.82, 2.24) is 10.2 Å². The Kier molecular flexibility index (Phi) is 10.3. The third-order valence-electron chi connectivity index (χ3n) is 5.79. The van der Waals surface area contributed by atoms with Gasteiger partial charge in [0.25, 0.3) is 5.91 Å². The fraction of sp³-hybridized carbons (Fsp3) is 0.481. The van der Waals surface area contributed by atoms with Crippen LogP contribution in [0.1, 0.15) is 48.7 Å². The van der Waals surface area contributed by atoms with E-state index in [1.165, 1.54) is 0 Å². The second kappa shape index (κ2) is 12.7. The highest BCUT2D eigenvalue weighted by atomic mass is 32.2. The van der Waals surface area contributed by atoms with Crippen molar-refractivity contribution in [1.29, 1.82) is 0 Å². The molecule has 0 saturated carbocycles. The van der Waals surface area contributed by atoms with Crippen LogP contribution in [0, 0.1) is 0 Å². The van der Waals surface area contributed by atoms with Crippen molar-refractivity contribution in [3.63, 3.8) is 0 Å². The quantitative estimate of drug-likeness (QED) is 0.505. The number of thioether (sulfide) groups is 1. The molecule has 186 valence electrons. The molecule has 0 radical (unpaired) electrons. The van der Waals surface area contributed by atoms with Gasteiger partial charge in [0.15, 0.2) is 11.5 Å². The molecule has 7 heteroatoms. The van der Waals surface area contributed by atoms with Crippen LogP contribution in [0.4, 0.5) is 0 Å². The number of rotatable bonds is 11. The number of carbonyl (C=O) groups excluding carboxylic acids is 2. The van der Waals surface area contributed by atoms with E-state index in [9.17, 15) is 9.59 Å². The number of nitrogens with zero attached hydrogens (tertiary/aromatic N) is 1. The first-order valence-corrected chi connectivity index (χ1v) is 12.9. The summed E-state index contributed by atoms with van der Waals surface area (Å²) in [5.74, 6) is 1.80. The number of likely N-dealkylation sites (N-methyl/N-ethyl adjacent to an activating group) is 1. The first-order valence-electron chi connectivity index (χ1n) is 11.5. The number of ether oxygens (including phenoxy) is 2. The van der Waals surface area contributed by atoms with Gasteiger partial charge in [0.05, 0.1) is 14.2 Å². The molecule has 34 heavy (non-hydrogen) atoms. The maximum Gasteiger partial charge on any atom is 0.251 e. The highest BCUT2D eigenvalue weighted by molar-refractivity contribution is 7.98. The summed E-state index contributed by atoms with van der Waals surface area (Å²) in [6.07, 6.45) is 3.24. The summed E-state index contributed by atoms with van der Waals surface area (Å²) >= 11 is 1.66. The van der Waals surface area contributed by atoms with E-state index in [-0.39, 0.29) is 17.2 Å². The van der Waals surface area contributed by atoms with Crippen molar-refractivity contribution in [3.05, 3.63) is 59.2 Å². The van der Waals surface area contributed by atoms with Crippen LogP contribution >= 0.6 is 11.8 Å². The number of nitrogens with one attached hydrogen (secondary N) is 1. The second-order valence-corrected chi connectivity index (χ2v) is 10.3. The van der Waals surface area contributed by atoms with E-state index in [0.717, 1.165) is 16.9 Å². The van der Waals surface area contributed by atoms with E-state index in [2.05, 4.69) is 26.1 Å². The van der Waals surface area contributed by atoms with Crippen LogP contribution < -0.4 is 14.8 Å². The first kappa shape index (κ1) is 27.6. The molecule has 0 fully saturated rings. The van der Waals surface area contributed by atoms with Crippen LogP contribution in [0.5, 0.6) is 11.5 Å². The van der Waals surface area contributed by atoms with E-state index in [1.807, 2.05) is 48.7 Å². The number of amides is 2. The van der Waals surface area contributed by atoms with Gasteiger partial charge in [0.2, 0.25) is 5.91 Å². The zero-order valence-corrected chi connectivity index (χ0v) is 22.3. The zero-order valence-electron chi connectivity index (χ0n) is 21.4. The zero-order chi connectivity index (χ0) is 25.3. The molecule has 2 aromatic carbocycles. The van der Waals surface area contributed by atoms with Gasteiger partial charge in [0, 0.05) is 19.2 Å². The summed E-state index contributed by atoms with van der Waals surface area (Å²) in [4.78, 5) is 27.8. The van der Waals surface area contributed by atoms with Crippen LogP contribution in [-0.2, 0) is 16.6 Å². The standard InChI is InChI=1S/C27H38N2O4S/c1-27(2,3)21-11-9-20(10-12-21)25(30)28-22(15-17-34-7)26(31)29(4)16-14-19-8-13-23(32-5)24(18-19)33-6/h8-13,18,22H,14-17H2,1-7H3,(H,28,30)/t22-/m1/s1. The van der Waals surface area contributed by atoms with Gasteiger partial charge in [0.1, 0.15) is 6.04 Å². The Morgan fingerprint density at radius 2 is 1.68 bits per heavy atom. The van der Waals surface area contributed by atoms with Gasteiger partial charge in [-0.1, -0.05) is 39.0 Å². The van der Waals surface area contributed by atoms with Crippen LogP contribution in [0.25, 0.3) is 0 Å². The number of carbonyl (C=O) groups is 2. The smallest absolute Gasteiger partial charge is 0.251 e. The van der Waals surface area contributed by atoms with Gasteiger partial charge in [-0.05, 0) is 65.7 Å². The lowest BCUT2D eigenvalue weighted by Gasteiger charge is -2.25. The summed E-state index contributed by atoms with van der Waals surface area (Å²) in [6.45, 7) is 6.94. The topological polar surface area (TPSA) is 67.9 Å². The average molecular weight is 487 g/mol. The Balaban J connectivity index is 2.05. The average Bonchev–Trinajstić information content (AvgIpc) is 2.83. The maximum atomic E-state index is 13.2. The fourth-order valence-electron chi connectivity index (χ4n) is 3.57. The predicted octanol–water partition coefficient (Wildman–Crippen LogP) is 4.55. The van der Waals surface area contributed by atoms with Gasteiger partial charge in [-0.3, -0.25) is 9.59 Å². The van der Waals surface area contributed by atoms with Crippen molar-refractivity contribution in [2.24, 2.45) is 0 Å². The molecule has 0 aromatic heterocycles. The summed E-state index contributed by atoms with van der Waals surface area (Å²) < 4.78 is 10.7. The summed E-state index contributed by atoms with van der Waals surface area (Å²) in [5, 5.41) is 2.96. The Morgan fingerprint density at radius 3 is 2.24 bits per heavy atom. The van der Waals surface area contributed by atoms with Crippen molar-refractivity contribution >= 4 is 23.6 Å². The molecule has 0 saturated heterocycles. The van der Waals surface area contributed by atoms with Crippen LogP contribution in [-0.4, -0.2) is 62.6 Å². The van der Waals surface area contributed by atoms with Gasteiger partial charge >= 0.3 is 0 Å². The maximum absolute atomic E-state index is 13.2. The second-order valence-electron chi connectivity index (χ2n) is 9.33. The van der Waals surface area contributed by atoms with E-state index in [1.54, 1.807) is 37.9 Å². The number of benzene rings is 2. The van der Waals surface area contributed by atoms with Crippen LogP contribution in [0.3, 0.4) is 0 Å². The van der Waals surface area contributed by atoms with E-state index in [4.69, 9.17) is 9.47 Å². The van der Waals surface area contributed by atoms with Crippen LogP contribution in [0.2, 0.25) is 0 Å². The number of hydrogen-bond donors (Lipinski definition) is 1. The molecule has 2 aromatic rings. The molecule has 0 aliphatic rings. The third-order valence-corrected chi connectivity index (χ3v) is 6.43. The van der Waals surface area contributed by atoms with E-state index >= 15 is 0 Å². The molecular weight excluding hydrogens is 448 g/mol. The third kappa shape index (κ3) is 7.69. The molecular formula is C27H38N2O4S. The SMILES string of the molecule is COc1ccc(CCN(C)C(=O)[C@@H](CCSC)NC(=O)c2ccc(C(C)(C)C)cc2)cc1OC. The van der Waals surface area contributed by atoms with Crippen molar-refractivity contribution in [2.45, 2.75) is 45.1 Å². The molecule has 0 heterocycles. The normalized spacial score (nSPS) is 12.1. The minimum absolute atomic E-state index is 0.0163. The van der Waals surface area contributed by atoms with Crippen LogP contribution in [0.15, 0.2) is 42.5 Å². The first-order chi connectivity index (χ1) is 16.1. The Bertz CT molecular complexity index is 954. The Hall–Kier alpha value is -2.67. The molecule has 1 atom stereocenters. The molecule has 0 bridgehead atoms. The Labute approximate surface area is 208 Å². The highest BCUT2D eigenvalue weighted by Gasteiger charge is 2.24. The minimum Gasteiger partial charge on any atom is -0.493 e. The molecule has 2 rings (SSSR count). The lowest BCUT2D eigenvalue weighted by molar-refractivity contribution is -0.131. The van der Waals surface area contributed by atoms with Gasteiger partial charge in [-0.15, -0.1) is 0 Å². The summed E-state index contributed by atoms with van der Waals surface area (Å²) in [6, 6.07) is 12.8. The highest BCUT2D eigenvalue weighted by Crippen LogP contribution is 2.27. The fourth-order valence-corrected chi connectivity index (χ4v) is 4.04. The lowest BCUT2D eigenvalue weighted by Crippen LogP contribution is -2.48. The van der Waals surface area contributed by atoms with Crippen molar-refractivity contribution < 1.29 is 19.1 Å². The largest absolute Gasteiger partial charge is 0.493 e. The summed E-state index contributed by atoms with van der Waals surface area (Å²) in [7, 11) is 4.98. The molecule has 1 N–H and O–H groups in total. The minimum atomic E-state index is -0.572. The summed E-state index contributed by atoms with van der Waals surface area (Å²) in [5.41, 5.74) is 2.78. The lowest BCUT2D eigenvalue weighted by atomic mass is 9.86. The van der Waals surface area contributed by atoms with E-state index in [0.29, 0.717) is 36.4 Å². The Morgan fingerprint density at radius 1 is 1.03 bits per heavy atom. The van der Waals surface area contributed by atoms with Gasteiger partial charge in [-0.25, -0.2) is 0 Å². The molecule has 0 aliphatic heterocycles.